The normalized spacial score (nSPS) is 10.1. The van der Waals surface area contributed by atoms with Crippen LogP contribution in [0.2, 0.25) is 0 Å². The summed E-state index contributed by atoms with van der Waals surface area (Å²) >= 11 is 0. The molecule has 110 valence electrons. The lowest BCUT2D eigenvalue weighted by Crippen LogP contribution is -2.16. The van der Waals surface area contributed by atoms with Gasteiger partial charge in [-0.25, -0.2) is 0 Å². The topological polar surface area (TPSA) is 41.8 Å². The largest absolute Gasteiger partial charge is 0.573 e. The van der Waals surface area contributed by atoms with Crippen molar-refractivity contribution in [3.05, 3.63) is 29.8 Å². The van der Waals surface area contributed by atoms with Crippen LogP contribution < -0.4 is 4.74 Å². The van der Waals surface area contributed by atoms with Gasteiger partial charge in [0.15, 0.2) is 0 Å². The zero-order chi connectivity index (χ0) is 15.3. The summed E-state index contributed by atoms with van der Waals surface area (Å²) in [6.45, 7) is 8.25. The SMILES string of the molecule is CC.CCC.O/N=C/c1ccc(OC(F)(F)F)cc1. The molecule has 1 N–H and O–H groups in total. The number of oxime groups is 1. The van der Waals surface area contributed by atoms with E-state index < -0.39 is 6.36 Å². The van der Waals surface area contributed by atoms with Crippen LogP contribution in [0.4, 0.5) is 13.2 Å². The van der Waals surface area contributed by atoms with Crippen LogP contribution in [0.15, 0.2) is 29.4 Å². The average Bonchev–Trinajstić information content (AvgIpc) is 2.34. The monoisotopic (exact) mass is 279 g/mol. The fraction of sp³-hybridized carbons (Fsp3) is 0.462. The van der Waals surface area contributed by atoms with Crippen molar-refractivity contribution in [2.75, 3.05) is 0 Å². The van der Waals surface area contributed by atoms with E-state index in [0.29, 0.717) is 5.56 Å². The van der Waals surface area contributed by atoms with E-state index in [0.717, 1.165) is 18.3 Å². The summed E-state index contributed by atoms with van der Waals surface area (Å²) in [5.41, 5.74) is 0.474. The summed E-state index contributed by atoms with van der Waals surface area (Å²) in [5, 5.41) is 10.9. The molecule has 0 saturated heterocycles. The second-order valence-electron chi connectivity index (χ2n) is 3.07. The standard InChI is InChI=1S/C8H6F3NO2.C3H8.C2H6/c9-8(10,11)14-7-3-1-6(2-4-7)5-12-13;1-3-2;1-2/h1-5,13H;3H2,1-2H3;1-2H3/b12-5+;;. The molecule has 0 radical (unpaired) electrons. The molecule has 0 fully saturated rings. The van der Waals surface area contributed by atoms with Crippen molar-refractivity contribution in [2.24, 2.45) is 5.16 Å². The van der Waals surface area contributed by atoms with E-state index in [1.54, 1.807) is 0 Å². The molecule has 0 heterocycles. The lowest BCUT2D eigenvalue weighted by atomic mass is 10.2. The number of alkyl halides is 3. The average molecular weight is 279 g/mol. The number of benzene rings is 1. The minimum absolute atomic E-state index is 0.312. The molecule has 6 heteroatoms. The molecule has 0 amide bonds. The summed E-state index contributed by atoms with van der Waals surface area (Å²) in [5.74, 6) is -0.312. The zero-order valence-electron chi connectivity index (χ0n) is 11.5. The highest BCUT2D eigenvalue weighted by Gasteiger charge is 2.30. The van der Waals surface area contributed by atoms with E-state index in [2.05, 4.69) is 23.7 Å². The Balaban J connectivity index is 0. The lowest BCUT2D eigenvalue weighted by Gasteiger charge is -2.08. The molecule has 1 aromatic carbocycles. The minimum Gasteiger partial charge on any atom is -0.411 e. The minimum atomic E-state index is -4.69. The first-order chi connectivity index (χ1) is 8.92. The van der Waals surface area contributed by atoms with Gasteiger partial charge in [-0.05, 0) is 29.8 Å². The quantitative estimate of drug-likeness (QED) is 0.478. The highest BCUT2D eigenvalue weighted by Crippen LogP contribution is 2.22. The van der Waals surface area contributed by atoms with E-state index >= 15 is 0 Å². The van der Waals surface area contributed by atoms with Crippen LogP contribution in [0.25, 0.3) is 0 Å². The van der Waals surface area contributed by atoms with Gasteiger partial charge in [-0.2, -0.15) is 0 Å². The van der Waals surface area contributed by atoms with Gasteiger partial charge in [0.05, 0.1) is 6.21 Å². The molecule has 0 aromatic heterocycles. The fourth-order valence-electron chi connectivity index (χ4n) is 0.822. The first kappa shape index (κ1) is 19.6. The van der Waals surface area contributed by atoms with Crippen LogP contribution in [0.3, 0.4) is 0 Å². The number of hydrogen-bond acceptors (Lipinski definition) is 3. The first-order valence-corrected chi connectivity index (χ1v) is 5.96. The van der Waals surface area contributed by atoms with Crippen molar-refractivity contribution in [3.8, 4) is 5.75 Å². The molecular weight excluding hydrogens is 259 g/mol. The van der Waals surface area contributed by atoms with Gasteiger partial charge in [0.1, 0.15) is 5.75 Å². The molecule has 19 heavy (non-hydrogen) atoms. The fourth-order valence-corrected chi connectivity index (χ4v) is 0.822. The second-order valence-corrected chi connectivity index (χ2v) is 3.07. The van der Waals surface area contributed by atoms with Crippen LogP contribution in [0.1, 0.15) is 39.7 Å². The van der Waals surface area contributed by atoms with Gasteiger partial charge in [-0.3, -0.25) is 0 Å². The third-order valence-electron chi connectivity index (χ3n) is 1.32. The molecule has 0 atom stereocenters. The Morgan fingerprint density at radius 1 is 1.16 bits per heavy atom. The van der Waals surface area contributed by atoms with Crippen LogP contribution in [-0.2, 0) is 0 Å². The summed E-state index contributed by atoms with van der Waals surface area (Å²) in [7, 11) is 0. The molecule has 0 aliphatic carbocycles. The molecule has 0 saturated carbocycles. The van der Waals surface area contributed by atoms with E-state index in [-0.39, 0.29) is 5.75 Å². The number of ether oxygens (including phenoxy) is 1. The smallest absolute Gasteiger partial charge is 0.411 e. The predicted octanol–water partition coefficient (Wildman–Crippen LogP) is 4.84. The summed E-state index contributed by atoms with van der Waals surface area (Å²) in [6.07, 6.45) is -2.34. The Hall–Kier alpha value is -1.72. The van der Waals surface area contributed by atoms with Gasteiger partial charge in [-0.15, -0.1) is 13.2 Å². The number of halogens is 3. The van der Waals surface area contributed by atoms with E-state index in [1.807, 2.05) is 13.8 Å². The molecule has 0 spiro atoms. The lowest BCUT2D eigenvalue weighted by molar-refractivity contribution is -0.274. The Bertz CT molecular complexity index is 335. The van der Waals surface area contributed by atoms with Crippen LogP contribution >= 0.6 is 0 Å². The maximum absolute atomic E-state index is 11.7. The summed E-state index contributed by atoms with van der Waals surface area (Å²) in [4.78, 5) is 0. The maximum atomic E-state index is 11.7. The summed E-state index contributed by atoms with van der Waals surface area (Å²) < 4.78 is 38.7. The van der Waals surface area contributed by atoms with Crippen molar-refractivity contribution in [3.63, 3.8) is 0 Å². The highest BCUT2D eigenvalue weighted by molar-refractivity contribution is 5.79. The van der Waals surface area contributed by atoms with Gasteiger partial charge in [0.2, 0.25) is 0 Å². The Morgan fingerprint density at radius 3 is 1.89 bits per heavy atom. The van der Waals surface area contributed by atoms with Crippen molar-refractivity contribution in [2.45, 2.75) is 40.5 Å². The molecule has 0 unspecified atom stereocenters. The van der Waals surface area contributed by atoms with E-state index in [9.17, 15) is 13.2 Å². The predicted molar refractivity (Wildman–Crippen MR) is 69.8 cm³/mol. The zero-order valence-corrected chi connectivity index (χ0v) is 11.5. The number of hydrogen-bond donors (Lipinski definition) is 1. The molecule has 0 bridgehead atoms. The molecule has 0 aliphatic rings. The summed E-state index contributed by atoms with van der Waals surface area (Å²) in [6, 6.07) is 4.93. The van der Waals surface area contributed by atoms with Gasteiger partial charge < -0.3 is 9.94 Å². The van der Waals surface area contributed by atoms with Gasteiger partial charge in [0.25, 0.3) is 0 Å². The van der Waals surface area contributed by atoms with Crippen molar-refractivity contribution in [1.82, 2.24) is 0 Å². The van der Waals surface area contributed by atoms with Crippen molar-refractivity contribution < 1.29 is 23.1 Å². The van der Waals surface area contributed by atoms with E-state index in [4.69, 9.17) is 5.21 Å². The first-order valence-electron chi connectivity index (χ1n) is 5.96. The van der Waals surface area contributed by atoms with Gasteiger partial charge in [-0.1, -0.05) is 39.3 Å². The van der Waals surface area contributed by atoms with Crippen LogP contribution in [0, 0.1) is 0 Å². The number of rotatable bonds is 2. The van der Waals surface area contributed by atoms with Crippen LogP contribution in [0.5, 0.6) is 5.75 Å². The molecule has 0 aliphatic heterocycles. The van der Waals surface area contributed by atoms with Gasteiger partial charge in [0, 0.05) is 0 Å². The molecule has 1 rings (SSSR count). The third kappa shape index (κ3) is 12.5. The second kappa shape index (κ2) is 11.4. The van der Waals surface area contributed by atoms with Gasteiger partial charge >= 0.3 is 6.36 Å². The van der Waals surface area contributed by atoms with Crippen LogP contribution in [-0.4, -0.2) is 17.8 Å². The molecular formula is C13H20F3NO2. The third-order valence-corrected chi connectivity index (χ3v) is 1.32. The van der Waals surface area contributed by atoms with Crippen molar-refractivity contribution in [1.29, 1.82) is 0 Å². The van der Waals surface area contributed by atoms with Crippen molar-refractivity contribution >= 4 is 6.21 Å². The Kier molecular flexibility index (Phi) is 11.7. The number of nitrogens with zero attached hydrogens (tertiary/aromatic N) is 1. The highest BCUT2D eigenvalue weighted by atomic mass is 19.4. The molecule has 1 aromatic rings. The van der Waals surface area contributed by atoms with E-state index in [1.165, 1.54) is 18.6 Å². The maximum Gasteiger partial charge on any atom is 0.573 e. The Labute approximate surface area is 111 Å². The Morgan fingerprint density at radius 2 is 1.58 bits per heavy atom. The molecule has 3 nitrogen and oxygen atoms in total.